The Morgan fingerprint density at radius 1 is 0.935 bits per heavy atom. The summed E-state index contributed by atoms with van der Waals surface area (Å²) >= 11 is 0. The first-order valence-corrected chi connectivity index (χ1v) is 9.01. The SMILES string of the molecule is COC(=O)C1=C(O)C(=O)N(c2ccccc2)C1(NC(=O)Nc1ccccc1)C(=O)OC. The first kappa shape index (κ1) is 21.4. The number of amides is 3. The molecule has 0 spiro atoms. The van der Waals surface area contributed by atoms with E-state index in [0.717, 1.165) is 19.1 Å². The fourth-order valence-electron chi connectivity index (χ4n) is 3.24. The number of carbonyl (C=O) groups is 4. The number of aliphatic hydroxyl groups excluding tert-OH is 1. The van der Waals surface area contributed by atoms with E-state index in [1.165, 1.54) is 12.1 Å². The van der Waals surface area contributed by atoms with Gasteiger partial charge in [0.1, 0.15) is 5.57 Å². The molecule has 160 valence electrons. The van der Waals surface area contributed by atoms with Crippen molar-refractivity contribution in [3.63, 3.8) is 0 Å². The van der Waals surface area contributed by atoms with Crippen molar-refractivity contribution in [1.82, 2.24) is 5.32 Å². The number of nitrogens with one attached hydrogen (secondary N) is 2. The molecular formula is C21H19N3O7. The summed E-state index contributed by atoms with van der Waals surface area (Å²) in [7, 11) is 2.02. The lowest BCUT2D eigenvalue weighted by Gasteiger charge is -2.37. The molecule has 1 unspecified atom stereocenters. The van der Waals surface area contributed by atoms with Crippen molar-refractivity contribution in [2.45, 2.75) is 5.66 Å². The van der Waals surface area contributed by atoms with Crippen molar-refractivity contribution < 1.29 is 33.8 Å². The van der Waals surface area contributed by atoms with E-state index in [4.69, 9.17) is 4.74 Å². The number of carbonyl (C=O) groups excluding carboxylic acids is 4. The third kappa shape index (κ3) is 3.66. The smallest absolute Gasteiger partial charge is 0.358 e. The van der Waals surface area contributed by atoms with Gasteiger partial charge in [0.2, 0.25) is 0 Å². The summed E-state index contributed by atoms with van der Waals surface area (Å²) < 4.78 is 9.51. The fourth-order valence-corrected chi connectivity index (χ4v) is 3.24. The van der Waals surface area contributed by atoms with Gasteiger partial charge in [-0.3, -0.25) is 9.69 Å². The van der Waals surface area contributed by atoms with E-state index in [-0.39, 0.29) is 5.69 Å². The second kappa shape index (κ2) is 8.57. The molecule has 3 amide bonds. The standard InChI is InChI=1S/C21H19N3O7/c1-30-18(27)15-16(25)17(26)24(14-11-7-4-8-12-14)21(15,19(28)31-2)23-20(29)22-13-9-5-3-6-10-13/h3-12,25H,1-2H3,(H2,22,23,29). The zero-order valence-corrected chi connectivity index (χ0v) is 16.6. The van der Waals surface area contributed by atoms with Crippen molar-refractivity contribution in [2.75, 3.05) is 24.4 Å². The molecule has 3 rings (SSSR count). The Morgan fingerprint density at radius 3 is 2.06 bits per heavy atom. The van der Waals surface area contributed by atoms with Gasteiger partial charge in [-0.15, -0.1) is 0 Å². The number of rotatable bonds is 5. The van der Waals surface area contributed by atoms with Crippen molar-refractivity contribution in [2.24, 2.45) is 0 Å². The third-order valence-corrected chi connectivity index (χ3v) is 4.55. The largest absolute Gasteiger partial charge is 0.503 e. The lowest BCUT2D eigenvalue weighted by molar-refractivity contribution is -0.149. The van der Waals surface area contributed by atoms with Crippen LogP contribution >= 0.6 is 0 Å². The van der Waals surface area contributed by atoms with E-state index in [9.17, 15) is 24.3 Å². The van der Waals surface area contributed by atoms with Crippen molar-refractivity contribution in [1.29, 1.82) is 0 Å². The zero-order chi connectivity index (χ0) is 22.6. The molecule has 0 aliphatic carbocycles. The summed E-state index contributed by atoms with van der Waals surface area (Å²) in [5, 5.41) is 15.3. The van der Waals surface area contributed by atoms with Crippen LogP contribution in [0.15, 0.2) is 72.0 Å². The summed E-state index contributed by atoms with van der Waals surface area (Å²) in [6.07, 6.45) is 0. The molecule has 1 heterocycles. The summed E-state index contributed by atoms with van der Waals surface area (Å²) in [5.41, 5.74) is -2.81. The highest BCUT2D eigenvalue weighted by atomic mass is 16.5. The first-order valence-electron chi connectivity index (χ1n) is 9.01. The Bertz CT molecular complexity index is 1050. The van der Waals surface area contributed by atoms with E-state index >= 15 is 0 Å². The molecule has 0 fully saturated rings. The highest BCUT2D eigenvalue weighted by Crippen LogP contribution is 2.38. The van der Waals surface area contributed by atoms with Gasteiger partial charge in [0.05, 0.1) is 14.2 Å². The first-order chi connectivity index (χ1) is 14.9. The van der Waals surface area contributed by atoms with Crippen LogP contribution in [0.1, 0.15) is 0 Å². The van der Waals surface area contributed by atoms with Crippen molar-refractivity contribution in [3.05, 3.63) is 72.0 Å². The number of para-hydroxylation sites is 2. The van der Waals surface area contributed by atoms with Gasteiger partial charge in [-0.1, -0.05) is 36.4 Å². The highest BCUT2D eigenvalue weighted by Gasteiger charge is 2.63. The van der Waals surface area contributed by atoms with Gasteiger partial charge in [0.15, 0.2) is 5.76 Å². The van der Waals surface area contributed by atoms with Gasteiger partial charge < -0.3 is 25.2 Å². The number of hydrogen-bond acceptors (Lipinski definition) is 7. The zero-order valence-electron chi connectivity index (χ0n) is 16.6. The molecule has 2 aromatic carbocycles. The number of hydrogen-bond donors (Lipinski definition) is 3. The number of benzene rings is 2. The predicted octanol–water partition coefficient (Wildman–Crippen LogP) is 1.71. The quantitative estimate of drug-likeness (QED) is 0.621. The van der Waals surface area contributed by atoms with Gasteiger partial charge in [0.25, 0.3) is 11.6 Å². The Hall–Kier alpha value is -4.34. The van der Waals surface area contributed by atoms with Gasteiger partial charge in [-0.25, -0.2) is 14.4 Å². The van der Waals surface area contributed by atoms with Gasteiger partial charge >= 0.3 is 18.0 Å². The number of methoxy groups -OCH3 is 2. The van der Waals surface area contributed by atoms with Crippen LogP contribution in [0.3, 0.4) is 0 Å². The van der Waals surface area contributed by atoms with Crippen LogP contribution in [0.25, 0.3) is 0 Å². The number of esters is 2. The van der Waals surface area contributed by atoms with E-state index in [0.29, 0.717) is 5.69 Å². The number of anilines is 2. The molecule has 0 saturated carbocycles. The molecular weight excluding hydrogens is 406 g/mol. The fraction of sp³-hybridized carbons (Fsp3) is 0.143. The van der Waals surface area contributed by atoms with Crippen LogP contribution in [0.4, 0.5) is 16.2 Å². The minimum atomic E-state index is -2.52. The summed E-state index contributed by atoms with van der Waals surface area (Å²) in [4.78, 5) is 52.1. The maximum atomic E-state index is 13.0. The minimum Gasteiger partial charge on any atom is -0.503 e. The summed E-state index contributed by atoms with van der Waals surface area (Å²) in [6, 6.07) is 15.0. The predicted molar refractivity (Wildman–Crippen MR) is 109 cm³/mol. The number of urea groups is 1. The van der Waals surface area contributed by atoms with Gasteiger partial charge in [0, 0.05) is 11.4 Å². The minimum absolute atomic E-state index is 0.114. The molecule has 10 nitrogen and oxygen atoms in total. The average molecular weight is 425 g/mol. The van der Waals surface area contributed by atoms with Gasteiger partial charge in [-0.05, 0) is 24.3 Å². The average Bonchev–Trinajstić information content (AvgIpc) is 3.00. The molecule has 2 aromatic rings. The van der Waals surface area contributed by atoms with Gasteiger partial charge in [-0.2, -0.15) is 0 Å². The molecule has 10 heteroatoms. The molecule has 3 N–H and O–H groups in total. The molecule has 0 radical (unpaired) electrons. The molecule has 0 aromatic heterocycles. The van der Waals surface area contributed by atoms with E-state index in [2.05, 4.69) is 15.4 Å². The van der Waals surface area contributed by atoms with Crippen LogP contribution in [0, 0.1) is 0 Å². The van der Waals surface area contributed by atoms with Crippen LogP contribution in [-0.2, 0) is 23.9 Å². The molecule has 0 saturated heterocycles. The molecule has 1 aliphatic heterocycles. The third-order valence-electron chi connectivity index (χ3n) is 4.55. The second-order valence-corrected chi connectivity index (χ2v) is 6.34. The molecule has 1 aliphatic rings. The Labute approximate surface area is 177 Å². The van der Waals surface area contributed by atoms with Crippen LogP contribution in [0.5, 0.6) is 0 Å². The second-order valence-electron chi connectivity index (χ2n) is 6.34. The monoisotopic (exact) mass is 425 g/mol. The van der Waals surface area contributed by atoms with Crippen LogP contribution in [0.2, 0.25) is 0 Å². The van der Waals surface area contributed by atoms with Crippen LogP contribution in [-0.4, -0.2) is 48.9 Å². The maximum Gasteiger partial charge on any atom is 0.358 e. The number of ether oxygens (including phenoxy) is 2. The molecule has 0 bridgehead atoms. The highest BCUT2D eigenvalue weighted by molar-refractivity contribution is 6.23. The summed E-state index contributed by atoms with van der Waals surface area (Å²) in [5.74, 6) is -4.55. The van der Waals surface area contributed by atoms with E-state index in [1.54, 1.807) is 48.5 Å². The topological polar surface area (TPSA) is 134 Å². The van der Waals surface area contributed by atoms with Crippen LogP contribution < -0.4 is 15.5 Å². The maximum absolute atomic E-state index is 13.0. The molecule has 1 atom stereocenters. The Balaban J connectivity index is 2.17. The Kier molecular flexibility index (Phi) is 5.91. The lowest BCUT2D eigenvalue weighted by Crippen LogP contribution is -2.67. The number of aliphatic hydroxyl groups is 1. The normalized spacial score (nSPS) is 17.9. The van der Waals surface area contributed by atoms with Crippen molar-refractivity contribution >= 4 is 35.3 Å². The van der Waals surface area contributed by atoms with E-state index < -0.39 is 40.9 Å². The lowest BCUT2D eigenvalue weighted by atomic mass is 9.99. The van der Waals surface area contributed by atoms with Crippen molar-refractivity contribution in [3.8, 4) is 0 Å². The summed E-state index contributed by atoms with van der Waals surface area (Å²) in [6.45, 7) is 0. The number of nitrogens with zero attached hydrogens (tertiary/aromatic N) is 1. The Morgan fingerprint density at radius 2 is 1.52 bits per heavy atom. The van der Waals surface area contributed by atoms with E-state index in [1.807, 2.05) is 0 Å². The molecule has 31 heavy (non-hydrogen) atoms.